The van der Waals surface area contributed by atoms with E-state index >= 15 is 0 Å². The van der Waals surface area contributed by atoms with Crippen molar-refractivity contribution in [1.82, 2.24) is 14.9 Å². The molecule has 0 aliphatic carbocycles. The molecular formula is C9H12BrN3S2. The number of hydrogen-bond donors (Lipinski definition) is 1. The van der Waals surface area contributed by atoms with Crippen LogP contribution in [0.4, 0.5) is 0 Å². The summed E-state index contributed by atoms with van der Waals surface area (Å²) >= 11 is 10.5. The van der Waals surface area contributed by atoms with Gasteiger partial charge in [-0.1, -0.05) is 12.2 Å². The molecule has 3 nitrogen and oxygen atoms in total. The van der Waals surface area contributed by atoms with Crippen LogP contribution in [-0.4, -0.2) is 40.0 Å². The highest BCUT2D eigenvalue weighted by atomic mass is 79.9. The molecule has 1 aliphatic heterocycles. The Hall–Kier alpha value is 0.0900. The lowest BCUT2D eigenvalue weighted by Crippen LogP contribution is -2.33. The predicted octanol–water partition coefficient (Wildman–Crippen LogP) is 2.62. The number of thioether (sulfide) groups is 1. The van der Waals surface area contributed by atoms with Gasteiger partial charge in [-0.3, -0.25) is 4.90 Å². The highest BCUT2D eigenvalue weighted by molar-refractivity contribution is 9.10. The monoisotopic (exact) mass is 305 g/mol. The Morgan fingerprint density at radius 2 is 2.53 bits per heavy atom. The lowest BCUT2D eigenvalue weighted by Gasteiger charge is -2.31. The second-order valence-corrected chi connectivity index (χ2v) is 5.93. The van der Waals surface area contributed by atoms with Gasteiger partial charge >= 0.3 is 0 Å². The summed E-state index contributed by atoms with van der Waals surface area (Å²) < 4.78 is 1.58. The minimum atomic E-state index is 0.360. The molecule has 0 amide bonds. The zero-order valence-electron chi connectivity index (χ0n) is 8.36. The fourth-order valence-corrected chi connectivity index (χ4v) is 3.11. The third-order valence-electron chi connectivity index (χ3n) is 2.49. The molecule has 1 aliphatic rings. The Kier molecular flexibility index (Phi) is 3.82. The van der Waals surface area contributed by atoms with Gasteiger partial charge in [0.2, 0.25) is 0 Å². The summed E-state index contributed by atoms with van der Waals surface area (Å²) in [7, 11) is 2.13. The van der Waals surface area contributed by atoms with Gasteiger partial charge in [-0.05, 0) is 23.0 Å². The average Bonchev–Trinajstić information content (AvgIpc) is 2.23. The van der Waals surface area contributed by atoms with Crippen LogP contribution < -0.4 is 0 Å². The van der Waals surface area contributed by atoms with Crippen LogP contribution in [0, 0.1) is 4.64 Å². The van der Waals surface area contributed by atoms with Crippen molar-refractivity contribution >= 4 is 39.9 Å². The van der Waals surface area contributed by atoms with Crippen molar-refractivity contribution in [1.29, 1.82) is 0 Å². The number of halogens is 1. The van der Waals surface area contributed by atoms with Gasteiger partial charge in [-0.25, -0.2) is 4.98 Å². The van der Waals surface area contributed by atoms with E-state index in [0.29, 0.717) is 6.04 Å². The molecule has 1 atom stereocenters. The average molecular weight is 306 g/mol. The number of rotatable bonds is 1. The van der Waals surface area contributed by atoms with Gasteiger partial charge in [-0.15, -0.1) is 0 Å². The van der Waals surface area contributed by atoms with E-state index in [2.05, 4.69) is 37.8 Å². The van der Waals surface area contributed by atoms with Crippen molar-refractivity contribution in [3.8, 4) is 0 Å². The smallest absolute Gasteiger partial charge is 0.125 e. The molecule has 1 unspecified atom stereocenters. The first-order chi connectivity index (χ1) is 7.18. The number of nitrogens with zero attached hydrogens (tertiary/aromatic N) is 2. The molecule has 2 heterocycles. The van der Waals surface area contributed by atoms with Crippen LogP contribution in [0.15, 0.2) is 10.7 Å². The Bertz CT molecular complexity index is 407. The third-order valence-corrected chi connectivity index (χ3v) is 4.70. The largest absolute Gasteiger partial charge is 0.332 e. The van der Waals surface area contributed by atoms with Crippen LogP contribution in [-0.2, 0) is 0 Å². The number of H-pyrrole nitrogens is 1. The molecule has 82 valence electrons. The molecule has 6 heteroatoms. The minimum Gasteiger partial charge on any atom is -0.332 e. The molecule has 1 fully saturated rings. The van der Waals surface area contributed by atoms with Gasteiger partial charge < -0.3 is 4.98 Å². The first-order valence-corrected chi connectivity index (χ1v) is 7.07. The van der Waals surface area contributed by atoms with Crippen LogP contribution in [0.3, 0.4) is 0 Å². The Labute approximate surface area is 107 Å². The molecule has 15 heavy (non-hydrogen) atoms. The summed E-state index contributed by atoms with van der Waals surface area (Å²) in [6, 6.07) is 0.360. The molecule has 0 saturated carbocycles. The van der Waals surface area contributed by atoms with Gasteiger partial charge in [0.15, 0.2) is 0 Å². The normalized spacial score (nSPS) is 22.9. The van der Waals surface area contributed by atoms with E-state index in [1.807, 2.05) is 11.8 Å². The van der Waals surface area contributed by atoms with Crippen molar-refractivity contribution in [2.24, 2.45) is 0 Å². The number of aromatic nitrogens is 2. The number of aromatic amines is 1. The Morgan fingerprint density at radius 1 is 1.73 bits per heavy atom. The summed E-state index contributed by atoms with van der Waals surface area (Å²) in [5, 5.41) is 0. The van der Waals surface area contributed by atoms with E-state index in [4.69, 9.17) is 12.2 Å². The van der Waals surface area contributed by atoms with E-state index in [9.17, 15) is 0 Å². The van der Waals surface area contributed by atoms with Crippen LogP contribution >= 0.6 is 39.9 Å². The van der Waals surface area contributed by atoms with E-state index < -0.39 is 0 Å². The summed E-state index contributed by atoms with van der Waals surface area (Å²) in [6.07, 6.45) is 1.78. The van der Waals surface area contributed by atoms with Crippen LogP contribution in [0.2, 0.25) is 0 Å². The van der Waals surface area contributed by atoms with Gasteiger partial charge in [0, 0.05) is 24.2 Å². The lowest BCUT2D eigenvalue weighted by molar-refractivity contribution is 0.264. The van der Waals surface area contributed by atoms with E-state index in [-0.39, 0.29) is 0 Å². The molecular weight excluding hydrogens is 294 g/mol. The first-order valence-electron chi connectivity index (χ1n) is 4.71. The Morgan fingerprint density at radius 3 is 3.20 bits per heavy atom. The third kappa shape index (κ3) is 2.61. The highest BCUT2D eigenvalue weighted by Crippen LogP contribution is 2.26. The SMILES string of the molecule is CN1CCSCC1c1ncc(Br)c(=S)[nH]1. The second-order valence-electron chi connectivity index (χ2n) is 3.52. The molecule has 2 rings (SSSR count). The van der Waals surface area contributed by atoms with E-state index in [1.54, 1.807) is 6.20 Å². The topological polar surface area (TPSA) is 31.9 Å². The fraction of sp³-hybridized carbons (Fsp3) is 0.556. The van der Waals surface area contributed by atoms with Gasteiger partial charge in [-0.2, -0.15) is 11.8 Å². The molecule has 0 radical (unpaired) electrons. The van der Waals surface area contributed by atoms with Gasteiger partial charge in [0.25, 0.3) is 0 Å². The maximum absolute atomic E-state index is 5.18. The molecule has 1 N–H and O–H groups in total. The number of nitrogens with one attached hydrogen (secondary N) is 1. The maximum atomic E-state index is 5.18. The van der Waals surface area contributed by atoms with Crippen LogP contribution in [0.25, 0.3) is 0 Å². The minimum absolute atomic E-state index is 0.360. The van der Waals surface area contributed by atoms with E-state index in [1.165, 1.54) is 5.75 Å². The predicted molar refractivity (Wildman–Crippen MR) is 69.8 cm³/mol. The maximum Gasteiger partial charge on any atom is 0.125 e. The molecule has 1 saturated heterocycles. The molecule has 0 aromatic carbocycles. The van der Waals surface area contributed by atoms with Crippen LogP contribution in [0.5, 0.6) is 0 Å². The summed E-state index contributed by atoms with van der Waals surface area (Å²) in [5.74, 6) is 3.25. The standard InChI is InChI=1S/C9H12BrN3S2/c1-13-2-3-15-5-7(13)8-11-4-6(10)9(14)12-8/h4,7H,2-3,5H2,1H3,(H,11,12,14). The van der Waals surface area contributed by atoms with Crippen molar-refractivity contribution in [2.75, 3.05) is 25.1 Å². The molecule has 1 aromatic rings. The Balaban J connectivity index is 2.28. The quantitative estimate of drug-likeness (QED) is 0.808. The summed E-state index contributed by atoms with van der Waals surface area (Å²) in [4.78, 5) is 9.88. The fourth-order valence-electron chi connectivity index (χ4n) is 1.54. The zero-order chi connectivity index (χ0) is 10.8. The number of hydrogen-bond acceptors (Lipinski definition) is 4. The molecule has 0 bridgehead atoms. The van der Waals surface area contributed by atoms with Crippen molar-refractivity contribution in [2.45, 2.75) is 6.04 Å². The van der Waals surface area contributed by atoms with Gasteiger partial charge in [0.1, 0.15) is 10.5 Å². The summed E-state index contributed by atoms with van der Waals surface area (Å²) in [5.41, 5.74) is 0. The lowest BCUT2D eigenvalue weighted by atomic mass is 10.2. The van der Waals surface area contributed by atoms with Gasteiger partial charge in [0.05, 0.1) is 10.5 Å². The molecule has 0 spiro atoms. The molecule has 1 aromatic heterocycles. The summed E-state index contributed by atoms with van der Waals surface area (Å²) in [6.45, 7) is 1.10. The van der Waals surface area contributed by atoms with Crippen molar-refractivity contribution in [3.05, 3.63) is 21.1 Å². The zero-order valence-corrected chi connectivity index (χ0v) is 11.6. The second kappa shape index (κ2) is 4.95. The highest BCUT2D eigenvalue weighted by Gasteiger charge is 2.22. The van der Waals surface area contributed by atoms with E-state index in [0.717, 1.165) is 27.2 Å². The van der Waals surface area contributed by atoms with Crippen molar-refractivity contribution < 1.29 is 0 Å². The first kappa shape index (κ1) is 11.6. The van der Waals surface area contributed by atoms with Crippen LogP contribution in [0.1, 0.15) is 11.9 Å². The van der Waals surface area contributed by atoms with Crippen molar-refractivity contribution in [3.63, 3.8) is 0 Å².